The molecule has 33 heavy (non-hydrogen) atoms. The van der Waals surface area contributed by atoms with Crippen molar-refractivity contribution >= 4 is 0 Å². The molecule has 0 saturated heterocycles. The van der Waals surface area contributed by atoms with Crippen molar-refractivity contribution in [2.75, 3.05) is 13.7 Å². The standard InChI is InChI=1S/C29H44O4/c1-25(18-33-32-6)9-10-26(2)11-13-28(4)23-8-7-19-15-21(30)22(31)16-20(19)27(23,3)12-14-29(28,5)24(26)17-25/h15-16,23-24,30-31H,7-14,17-18H2,1-6H3/t23-,24?,25+,26-,27+,28-,29+/m1/s1. The van der Waals surface area contributed by atoms with Gasteiger partial charge in [-0.1, -0.05) is 34.6 Å². The third-order valence-corrected chi connectivity index (χ3v) is 11.9. The van der Waals surface area contributed by atoms with Crippen LogP contribution >= 0.6 is 0 Å². The lowest BCUT2D eigenvalue weighted by molar-refractivity contribution is -0.298. The molecule has 5 rings (SSSR count). The Morgan fingerprint density at radius 1 is 0.848 bits per heavy atom. The molecule has 0 bridgehead atoms. The molecule has 3 saturated carbocycles. The molecule has 1 unspecified atom stereocenters. The first-order chi connectivity index (χ1) is 15.4. The molecule has 0 aromatic heterocycles. The van der Waals surface area contributed by atoms with E-state index in [2.05, 4.69) is 34.6 Å². The number of hydrogen-bond donors (Lipinski definition) is 2. The van der Waals surface area contributed by atoms with E-state index in [1.807, 2.05) is 12.1 Å². The number of fused-ring (bicyclic) bond motifs is 7. The fourth-order valence-corrected chi connectivity index (χ4v) is 9.50. The lowest BCUT2D eigenvalue weighted by atomic mass is 9.33. The Morgan fingerprint density at radius 2 is 1.48 bits per heavy atom. The maximum atomic E-state index is 10.4. The first-order valence-electron chi connectivity index (χ1n) is 13.1. The minimum Gasteiger partial charge on any atom is -0.504 e. The molecule has 2 N–H and O–H groups in total. The van der Waals surface area contributed by atoms with Crippen LogP contribution in [0.3, 0.4) is 0 Å². The second-order valence-electron chi connectivity index (χ2n) is 13.5. The highest BCUT2D eigenvalue weighted by Crippen LogP contribution is 2.75. The highest BCUT2D eigenvalue weighted by atomic mass is 17.2. The van der Waals surface area contributed by atoms with Crippen LogP contribution in [0.5, 0.6) is 11.5 Å². The fourth-order valence-electron chi connectivity index (χ4n) is 9.50. The van der Waals surface area contributed by atoms with Gasteiger partial charge in [0.05, 0.1) is 13.7 Å². The van der Waals surface area contributed by atoms with E-state index in [0.29, 0.717) is 23.9 Å². The van der Waals surface area contributed by atoms with E-state index >= 15 is 0 Å². The summed E-state index contributed by atoms with van der Waals surface area (Å²) in [5.74, 6) is 1.33. The van der Waals surface area contributed by atoms with E-state index in [1.165, 1.54) is 56.1 Å². The number of phenols is 2. The Morgan fingerprint density at radius 3 is 2.21 bits per heavy atom. The Labute approximate surface area is 200 Å². The predicted octanol–water partition coefficient (Wildman–Crippen LogP) is 6.91. The molecule has 3 fully saturated rings. The van der Waals surface area contributed by atoms with Gasteiger partial charge in [-0.25, -0.2) is 9.78 Å². The van der Waals surface area contributed by atoms with Gasteiger partial charge in [0.1, 0.15) is 0 Å². The fraction of sp³-hybridized carbons (Fsp3) is 0.793. The highest BCUT2D eigenvalue weighted by molar-refractivity contribution is 5.50. The second-order valence-corrected chi connectivity index (χ2v) is 13.5. The van der Waals surface area contributed by atoms with E-state index < -0.39 is 0 Å². The third-order valence-electron chi connectivity index (χ3n) is 11.9. The van der Waals surface area contributed by atoms with Gasteiger partial charge in [0.25, 0.3) is 0 Å². The van der Waals surface area contributed by atoms with Gasteiger partial charge < -0.3 is 10.2 Å². The maximum absolute atomic E-state index is 10.4. The van der Waals surface area contributed by atoms with Gasteiger partial charge in [-0.3, -0.25) is 0 Å². The van der Waals surface area contributed by atoms with Gasteiger partial charge >= 0.3 is 0 Å². The molecule has 0 spiro atoms. The van der Waals surface area contributed by atoms with Crippen molar-refractivity contribution in [3.05, 3.63) is 23.3 Å². The van der Waals surface area contributed by atoms with Crippen LogP contribution in [0.25, 0.3) is 0 Å². The first-order valence-corrected chi connectivity index (χ1v) is 13.1. The number of phenolic OH excluding ortho intramolecular Hbond substituents is 2. The summed E-state index contributed by atoms with van der Waals surface area (Å²) in [6.07, 6.45) is 10.9. The molecule has 0 radical (unpaired) electrons. The summed E-state index contributed by atoms with van der Waals surface area (Å²) in [5.41, 5.74) is 3.70. The smallest absolute Gasteiger partial charge is 0.157 e. The Bertz CT molecular complexity index is 944. The molecule has 0 amide bonds. The van der Waals surface area contributed by atoms with Gasteiger partial charge in [-0.05, 0) is 120 Å². The van der Waals surface area contributed by atoms with Crippen LogP contribution < -0.4 is 0 Å². The van der Waals surface area contributed by atoms with Gasteiger partial charge in [-0.2, -0.15) is 0 Å². The average Bonchev–Trinajstić information content (AvgIpc) is 2.77. The Balaban J connectivity index is 1.54. The van der Waals surface area contributed by atoms with Crippen molar-refractivity contribution < 1.29 is 20.0 Å². The predicted molar refractivity (Wildman–Crippen MR) is 130 cm³/mol. The minimum absolute atomic E-state index is 0.0239. The summed E-state index contributed by atoms with van der Waals surface area (Å²) in [6.45, 7) is 13.3. The second kappa shape index (κ2) is 7.37. The molecule has 4 nitrogen and oxygen atoms in total. The Hall–Kier alpha value is -1.26. The van der Waals surface area contributed by atoms with Crippen LogP contribution in [0, 0.1) is 33.5 Å². The summed E-state index contributed by atoms with van der Waals surface area (Å²) in [4.78, 5) is 10.5. The molecule has 4 aliphatic carbocycles. The van der Waals surface area contributed by atoms with Crippen LogP contribution in [0.4, 0.5) is 0 Å². The van der Waals surface area contributed by atoms with Crippen LogP contribution in [0.15, 0.2) is 12.1 Å². The number of benzene rings is 1. The van der Waals surface area contributed by atoms with Crippen molar-refractivity contribution in [2.24, 2.45) is 33.5 Å². The molecule has 0 heterocycles. The van der Waals surface area contributed by atoms with Gasteiger partial charge in [0, 0.05) is 0 Å². The van der Waals surface area contributed by atoms with Crippen LogP contribution in [-0.2, 0) is 21.6 Å². The summed E-state index contributed by atoms with van der Waals surface area (Å²) < 4.78 is 0. The van der Waals surface area contributed by atoms with Crippen LogP contribution in [-0.4, -0.2) is 23.9 Å². The van der Waals surface area contributed by atoms with E-state index in [9.17, 15) is 10.2 Å². The number of rotatable bonds is 3. The first kappa shape index (κ1) is 23.5. The zero-order valence-corrected chi connectivity index (χ0v) is 21.6. The minimum atomic E-state index is 0.0239. The third kappa shape index (κ3) is 3.15. The lowest BCUT2D eigenvalue weighted by Crippen LogP contribution is -2.65. The summed E-state index contributed by atoms with van der Waals surface area (Å²) >= 11 is 0. The molecule has 1 aromatic carbocycles. The van der Waals surface area contributed by atoms with Crippen LogP contribution in [0.1, 0.15) is 97.1 Å². The van der Waals surface area contributed by atoms with Gasteiger partial charge in [0.2, 0.25) is 0 Å². The van der Waals surface area contributed by atoms with Gasteiger partial charge in [0.15, 0.2) is 11.5 Å². The molecule has 7 atom stereocenters. The molecule has 4 aliphatic rings. The highest BCUT2D eigenvalue weighted by Gasteiger charge is 2.68. The lowest BCUT2D eigenvalue weighted by Gasteiger charge is -2.72. The van der Waals surface area contributed by atoms with Crippen LogP contribution in [0.2, 0.25) is 0 Å². The SMILES string of the molecule is COOC[C@@]1(C)CC[C@]2(C)CC[C@]3(C)[C@@H]4CCc5cc(O)c(O)cc5[C@]4(C)CC[C@@]3(C)C2C1. The van der Waals surface area contributed by atoms with E-state index in [1.54, 1.807) is 7.11 Å². The van der Waals surface area contributed by atoms with E-state index in [4.69, 9.17) is 9.78 Å². The summed E-state index contributed by atoms with van der Waals surface area (Å²) in [6, 6.07) is 3.71. The zero-order valence-electron chi connectivity index (χ0n) is 21.6. The number of aryl methyl sites for hydroxylation is 1. The summed E-state index contributed by atoms with van der Waals surface area (Å²) in [7, 11) is 1.62. The van der Waals surface area contributed by atoms with Crippen molar-refractivity contribution in [3.63, 3.8) is 0 Å². The molecular formula is C29H44O4. The molecular weight excluding hydrogens is 412 g/mol. The number of aromatic hydroxyl groups is 2. The van der Waals surface area contributed by atoms with E-state index in [-0.39, 0.29) is 33.2 Å². The quantitative estimate of drug-likeness (QED) is 0.295. The zero-order chi connectivity index (χ0) is 23.9. The number of hydrogen-bond acceptors (Lipinski definition) is 4. The summed E-state index contributed by atoms with van der Waals surface area (Å²) in [5, 5.41) is 20.5. The van der Waals surface area contributed by atoms with E-state index in [0.717, 1.165) is 12.8 Å². The van der Waals surface area contributed by atoms with Gasteiger partial charge in [-0.15, -0.1) is 0 Å². The van der Waals surface area contributed by atoms with Crippen molar-refractivity contribution in [3.8, 4) is 11.5 Å². The van der Waals surface area contributed by atoms with Crippen molar-refractivity contribution in [1.82, 2.24) is 0 Å². The largest absolute Gasteiger partial charge is 0.504 e. The maximum Gasteiger partial charge on any atom is 0.157 e. The Kier molecular flexibility index (Phi) is 5.24. The van der Waals surface area contributed by atoms with Crippen molar-refractivity contribution in [1.29, 1.82) is 0 Å². The molecule has 0 aliphatic heterocycles. The molecule has 4 heteroatoms. The average molecular weight is 457 g/mol. The molecule has 1 aromatic rings. The normalized spacial score (nSPS) is 46.6. The topological polar surface area (TPSA) is 58.9 Å². The van der Waals surface area contributed by atoms with Crippen molar-refractivity contribution in [2.45, 2.75) is 97.8 Å². The monoisotopic (exact) mass is 456 g/mol. The molecule has 184 valence electrons.